The third-order valence-corrected chi connectivity index (χ3v) is 1.17. The molecule has 0 atom stereocenters. The minimum absolute atomic E-state index is 0. The van der Waals surface area contributed by atoms with Crippen LogP contribution in [0.2, 0.25) is 0 Å². The Morgan fingerprint density at radius 2 is 1.70 bits per heavy atom. The van der Waals surface area contributed by atoms with Crippen LogP contribution in [0.4, 0.5) is 0 Å². The summed E-state index contributed by atoms with van der Waals surface area (Å²) in [5.41, 5.74) is 1.77. The van der Waals surface area contributed by atoms with Crippen molar-refractivity contribution in [2.24, 2.45) is 0 Å². The summed E-state index contributed by atoms with van der Waals surface area (Å²) in [5, 5.41) is 0. The van der Waals surface area contributed by atoms with Crippen molar-refractivity contribution in [2.45, 2.75) is 6.92 Å². The summed E-state index contributed by atoms with van der Waals surface area (Å²) in [5.74, 6) is 0. The Morgan fingerprint density at radius 3 is 2.10 bits per heavy atom. The van der Waals surface area contributed by atoms with Gasteiger partial charge in [0.25, 0.3) is 0 Å². The van der Waals surface area contributed by atoms with Gasteiger partial charge < -0.3 is 4.79 Å². The number of hydrogen-bond donors (Lipinski definition) is 0. The second-order valence-corrected chi connectivity index (χ2v) is 1.97. The van der Waals surface area contributed by atoms with E-state index < -0.39 is 0 Å². The number of benzene rings is 1. The molecule has 0 saturated heterocycles. The molecule has 55 valence electrons. The van der Waals surface area contributed by atoms with Crippen molar-refractivity contribution < 1.29 is 21.6 Å². The number of aryl methyl sites for hydroxylation is 1. The third kappa shape index (κ3) is 2.33. The minimum atomic E-state index is 0. The van der Waals surface area contributed by atoms with Gasteiger partial charge >= 0.3 is 0 Å². The van der Waals surface area contributed by atoms with Crippen molar-refractivity contribution in [1.82, 2.24) is 0 Å². The molecule has 0 spiro atoms. The second-order valence-electron chi connectivity index (χ2n) is 1.97. The average Bonchev–Trinajstić information content (AvgIpc) is 1.90. The third-order valence-electron chi connectivity index (χ3n) is 1.17. The number of hydrogen-bond acceptors (Lipinski definition) is 1. The zero-order valence-electron chi connectivity index (χ0n) is 5.55. The first-order valence-electron chi connectivity index (χ1n) is 2.78. The molecule has 0 aliphatic carbocycles. The molecule has 1 rings (SSSR count). The maximum absolute atomic E-state index is 9.99. The zero-order valence-corrected chi connectivity index (χ0v) is 6.59. The summed E-state index contributed by atoms with van der Waals surface area (Å²) in [6, 6.07) is 7.28. The van der Waals surface area contributed by atoms with Crippen LogP contribution in [-0.4, -0.2) is 6.29 Å². The second kappa shape index (κ2) is 4.25. The van der Waals surface area contributed by atoms with E-state index in [0.717, 1.165) is 5.56 Å². The van der Waals surface area contributed by atoms with Gasteiger partial charge in [-0.2, -0.15) is 17.7 Å². The van der Waals surface area contributed by atoms with Crippen LogP contribution in [-0.2, 0) is 21.6 Å². The van der Waals surface area contributed by atoms with E-state index in [1.807, 2.05) is 19.1 Å². The van der Waals surface area contributed by atoms with E-state index in [1.54, 1.807) is 18.4 Å². The topological polar surface area (TPSA) is 17.1 Å². The van der Waals surface area contributed by atoms with Crippen LogP contribution >= 0.6 is 0 Å². The van der Waals surface area contributed by atoms with Crippen molar-refractivity contribution in [1.29, 1.82) is 0 Å². The van der Waals surface area contributed by atoms with Crippen LogP contribution in [0.25, 0.3) is 0 Å². The van der Waals surface area contributed by atoms with Gasteiger partial charge in [0.1, 0.15) is 0 Å². The Kier molecular flexibility index (Phi) is 3.99. The van der Waals surface area contributed by atoms with Crippen LogP contribution < -0.4 is 0 Å². The quantitative estimate of drug-likeness (QED) is 0.595. The fourth-order valence-corrected chi connectivity index (χ4v) is 0.622. The summed E-state index contributed by atoms with van der Waals surface area (Å²) >= 11 is 0. The van der Waals surface area contributed by atoms with Crippen molar-refractivity contribution >= 4 is 6.29 Å². The molecule has 10 heavy (non-hydrogen) atoms. The van der Waals surface area contributed by atoms with Crippen molar-refractivity contribution in [3.63, 3.8) is 0 Å². The van der Waals surface area contributed by atoms with Gasteiger partial charge in [-0.05, 0) is 6.92 Å². The molecule has 0 aliphatic rings. The smallest absolute Gasteiger partial charge is 0.0627 e. The van der Waals surface area contributed by atoms with Gasteiger partial charge in [0, 0.05) is 16.8 Å². The Labute approximate surface area is 70.6 Å². The van der Waals surface area contributed by atoms with Gasteiger partial charge in [0.05, 0.1) is 6.29 Å². The first-order chi connectivity index (χ1) is 4.33. The van der Waals surface area contributed by atoms with E-state index in [9.17, 15) is 4.79 Å². The molecule has 0 saturated carbocycles. The van der Waals surface area contributed by atoms with Crippen LogP contribution in [0, 0.1) is 6.92 Å². The number of rotatable bonds is 1. The monoisotopic (exact) mass is 178 g/mol. The Hall–Kier alpha value is -0.604. The first-order valence-corrected chi connectivity index (χ1v) is 2.78. The van der Waals surface area contributed by atoms with E-state index in [2.05, 4.69) is 0 Å². The molecule has 0 unspecified atom stereocenters. The van der Waals surface area contributed by atoms with Gasteiger partial charge in [0.2, 0.25) is 0 Å². The van der Waals surface area contributed by atoms with Gasteiger partial charge in [-0.3, -0.25) is 0 Å². The van der Waals surface area contributed by atoms with Crippen LogP contribution in [0.1, 0.15) is 11.1 Å². The minimum Gasteiger partial charge on any atom is -0.376 e. The molecule has 0 N–H and O–H groups in total. The molecule has 0 heterocycles. The molecule has 0 aromatic heterocycles. The van der Waals surface area contributed by atoms with Gasteiger partial charge in [0.15, 0.2) is 0 Å². The van der Waals surface area contributed by atoms with Gasteiger partial charge in [-0.1, -0.05) is 5.56 Å². The van der Waals surface area contributed by atoms with Crippen LogP contribution in [0.15, 0.2) is 24.3 Å². The summed E-state index contributed by atoms with van der Waals surface area (Å²) in [6.45, 7) is 1.98. The fraction of sp³-hybridized carbons (Fsp3) is 0.125. The summed E-state index contributed by atoms with van der Waals surface area (Å²) < 4.78 is 0. The standard InChI is InChI=1S/C8H7O.Co/c1-7-2-4-8(6-9)5-3-7;/h2-5H,1H3;/q-1;. The molecule has 0 bridgehead atoms. The maximum atomic E-state index is 9.99. The van der Waals surface area contributed by atoms with Crippen LogP contribution in [0.5, 0.6) is 0 Å². The van der Waals surface area contributed by atoms with Gasteiger partial charge in [-0.15, -0.1) is 12.1 Å². The molecular weight excluding hydrogens is 171 g/mol. The normalized spacial score (nSPS) is 8.10. The maximum Gasteiger partial charge on any atom is 0.0627 e. The molecule has 0 amide bonds. The number of carbonyl (C=O) groups excluding carboxylic acids is 1. The fourth-order valence-electron chi connectivity index (χ4n) is 0.622. The predicted octanol–water partition coefficient (Wildman–Crippen LogP) is 1.45. The molecule has 1 aromatic carbocycles. The molecule has 2 heteroatoms. The molecule has 0 fully saturated rings. The molecule has 0 aliphatic heterocycles. The molecule has 1 nitrogen and oxygen atoms in total. The van der Waals surface area contributed by atoms with Crippen molar-refractivity contribution in [3.05, 3.63) is 35.4 Å². The SMILES string of the molecule is Cc1ccc([C-]=O)cc1.[Co]. The van der Waals surface area contributed by atoms with E-state index in [-0.39, 0.29) is 16.8 Å². The summed E-state index contributed by atoms with van der Waals surface area (Å²) in [7, 11) is 0. The largest absolute Gasteiger partial charge is 0.376 e. The Morgan fingerprint density at radius 1 is 1.20 bits per heavy atom. The van der Waals surface area contributed by atoms with Gasteiger partial charge in [-0.25, -0.2) is 0 Å². The summed E-state index contributed by atoms with van der Waals surface area (Å²) in [4.78, 5) is 9.99. The van der Waals surface area contributed by atoms with E-state index in [1.165, 1.54) is 0 Å². The van der Waals surface area contributed by atoms with E-state index >= 15 is 0 Å². The first kappa shape index (κ1) is 9.40. The van der Waals surface area contributed by atoms with Crippen LogP contribution in [0.3, 0.4) is 0 Å². The van der Waals surface area contributed by atoms with Crippen molar-refractivity contribution in [2.75, 3.05) is 0 Å². The predicted molar refractivity (Wildman–Crippen MR) is 36.0 cm³/mol. The van der Waals surface area contributed by atoms with E-state index in [0.29, 0.717) is 5.56 Å². The van der Waals surface area contributed by atoms with E-state index in [4.69, 9.17) is 0 Å². The molecular formula is C8H7CoO-. The molecule has 1 radical (unpaired) electrons. The summed E-state index contributed by atoms with van der Waals surface area (Å²) in [6.07, 6.45) is 1.80. The Bertz CT molecular complexity index is 203. The molecule has 1 aromatic rings. The van der Waals surface area contributed by atoms with Crippen molar-refractivity contribution in [3.8, 4) is 0 Å². The Balaban J connectivity index is 0.000000810. The average molecular weight is 178 g/mol. The zero-order chi connectivity index (χ0) is 6.69.